The molecule has 2 aromatic rings. The van der Waals surface area contributed by atoms with Gasteiger partial charge >= 0.3 is 0 Å². The molecule has 144 valence electrons. The van der Waals surface area contributed by atoms with E-state index in [0.29, 0.717) is 24.6 Å². The summed E-state index contributed by atoms with van der Waals surface area (Å²) in [6, 6.07) is 12.4. The summed E-state index contributed by atoms with van der Waals surface area (Å²) in [5.41, 5.74) is 0.683. The van der Waals surface area contributed by atoms with Crippen LogP contribution in [0.2, 0.25) is 0 Å². The number of carbonyl (C=O) groups is 1. The quantitative estimate of drug-likeness (QED) is 0.841. The van der Waals surface area contributed by atoms with Crippen LogP contribution in [0.4, 0.5) is 8.78 Å². The first-order chi connectivity index (χ1) is 13.1. The second-order valence-electron chi connectivity index (χ2n) is 6.83. The Balaban J connectivity index is 1.83. The third kappa shape index (κ3) is 4.83. The number of halogens is 2. The molecule has 0 aliphatic carbocycles. The lowest BCUT2D eigenvalue weighted by Crippen LogP contribution is -2.45. The number of nitrogens with zero attached hydrogens (tertiary/aromatic N) is 1. The standard InChI is InChI=1S/C21H24F2N2O2/c1-24-13-15-6-5-11-25(14-15)21(26)20(16-7-3-2-4-8-16)27-17-9-10-18(22)19(23)12-17/h2-4,7-10,12,15,20,24H,5-6,11,13-14H2,1H3. The van der Waals surface area contributed by atoms with Gasteiger partial charge in [0.25, 0.3) is 5.91 Å². The SMILES string of the molecule is CNCC1CCCN(C(=O)C(Oc2ccc(F)c(F)c2)c2ccccc2)C1. The van der Waals surface area contributed by atoms with Crippen LogP contribution in [0.3, 0.4) is 0 Å². The van der Waals surface area contributed by atoms with Crippen LogP contribution in [0.1, 0.15) is 24.5 Å². The first-order valence-corrected chi connectivity index (χ1v) is 9.18. The molecule has 0 spiro atoms. The van der Waals surface area contributed by atoms with Crippen molar-refractivity contribution in [1.82, 2.24) is 10.2 Å². The molecule has 2 atom stereocenters. The van der Waals surface area contributed by atoms with Gasteiger partial charge < -0.3 is 15.0 Å². The normalized spacial score (nSPS) is 18.2. The number of amides is 1. The van der Waals surface area contributed by atoms with Crippen LogP contribution in [0.25, 0.3) is 0 Å². The minimum atomic E-state index is -1.00. The first-order valence-electron chi connectivity index (χ1n) is 9.18. The number of piperidine rings is 1. The van der Waals surface area contributed by atoms with E-state index in [-0.39, 0.29) is 11.7 Å². The van der Waals surface area contributed by atoms with Crippen LogP contribution in [0, 0.1) is 17.6 Å². The van der Waals surface area contributed by atoms with Gasteiger partial charge in [-0.2, -0.15) is 0 Å². The van der Waals surface area contributed by atoms with Crippen molar-refractivity contribution >= 4 is 5.91 Å². The zero-order valence-electron chi connectivity index (χ0n) is 15.3. The van der Waals surface area contributed by atoms with Crippen molar-refractivity contribution in [3.63, 3.8) is 0 Å². The first kappa shape index (κ1) is 19.3. The van der Waals surface area contributed by atoms with E-state index in [2.05, 4.69) is 5.32 Å². The summed E-state index contributed by atoms with van der Waals surface area (Å²) >= 11 is 0. The van der Waals surface area contributed by atoms with E-state index in [9.17, 15) is 13.6 Å². The second kappa shape index (κ2) is 8.95. The van der Waals surface area contributed by atoms with Crippen LogP contribution < -0.4 is 10.1 Å². The molecule has 3 rings (SSSR count). The molecule has 0 radical (unpaired) electrons. The third-order valence-corrected chi connectivity index (χ3v) is 4.80. The molecule has 2 aromatic carbocycles. The summed E-state index contributed by atoms with van der Waals surface area (Å²) in [6.45, 7) is 2.18. The van der Waals surface area contributed by atoms with Gasteiger partial charge in [-0.05, 0) is 44.5 Å². The lowest BCUT2D eigenvalue weighted by Gasteiger charge is -2.35. The Morgan fingerprint density at radius 3 is 2.70 bits per heavy atom. The van der Waals surface area contributed by atoms with Crippen molar-refractivity contribution in [3.05, 3.63) is 65.7 Å². The topological polar surface area (TPSA) is 41.6 Å². The molecule has 4 nitrogen and oxygen atoms in total. The van der Waals surface area contributed by atoms with E-state index in [0.717, 1.165) is 31.5 Å². The minimum Gasteiger partial charge on any atom is -0.476 e. The Hall–Kier alpha value is -2.47. The van der Waals surface area contributed by atoms with Gasteiger partial charge in [0, 0.05) is 24.7 Å². The summed E-state index contributed by atoms with van der Waals surface area (Å²) in [4.78, 5) is 15.0. The minimum absolute atomic E-state index is 0.125. The van der Waals surface area contributed by atoms with Gasteiger partial charge in [0.05, 0.1) is 0 Å². The molecule has 0 bridgehead atoms. The highest BCUT2D eigenvalue weighted by molar-refractivity contribution is 5.82. The third-order valence-electron chi connectivity index (χ3n) is 4.80. The predicted octanol–water partition coefficient (Wildman–Crippen LogP) is 3.54. The van der Waals surface area contributed by atoms with Crippen molar-refractivity contribution in [3.8, 4) is 5.75 Å². The van der Waals surface area contributed by atoms with Crippen LogP contribution in [-0.4, -0.2) is 37.5 Å². The van der Waals surface area contributed by atoms with Gasteiger partial charge in [-0.15, -0.1) is 0 Å². The van der Waals surface area contributed by atoms with Crippen molar-refractivity contribution < 1.29 is 18.3 Å². The van der Waals surface area contributed by atoms with Gasteiger partial charge in [-0.3, -0.25) is 4.79 Å². The molecule has 1 amide bonds. The number of rotatable bonds is 6. The van der Waals surface area contributed by atoms with Crippen LogP contribution in [0.15, 0.2) is 48.5 Å². The molecule has 0 saturated carbocycles. The molecule has 1 aliphatic heterocycles. The maximum absolute atomic E-state index is 13.6. The van der Waals surface area contributed by atoms with Crippen molar-refractivity contribution in [2.75, 3.05) is 26.7 Å². The Bertz CT molecular complexity index is 768. The lowest BCUT2D eigenvalue weighted by molar-refractivity contribution is -0.141. The largest absolute Gasteiger partial charge is 0.476 e. The van der Waals surface area contributed by atoms with Gasteiger partial charge in [0.2, 0.25) is 6.10 Å². The fraction of sp³-hybridized carbons (Fsp3) is 0.381. The molecule has 1 heterocycles. The van der Waals surface area contributed by atoms with Crippen molar-refractivity contribution in [2.45, 2.75) is 18.9 Å². The highest BCUT2D eigenvalue weighted by Crippen LogP contribution is 2.27. The average Bonchev–Trinajstić information content (AvgIpc) is 2.69. The van der Waals surface area contributed by atoms with Gasteiger partial charge in [-0.1, -0.05) is 30.3 Å². The molecule has 2 unspecified atom stereocenters. The van der Waals surface area contributed by atoms with Crippen LogP contribution in [-0.2, 0) is 4.79 Å². The molecular weight excluding hydrogens is 350 g/mol. The zero-order chi connectivity index (χ0) is 19.2. The van der Waals surface area contributed by atoms with Gasteiger partial charge in [0.1, 0.15) is 5.75 Å². The second-order valence-corrected chi connectivity index (χ2v) is 6.83. The highest BCUT2D eigenvalue weighted by atomic mass is 19.2. The molecule has 27 heavy (non-hydrogen) atoms. The Morgan fingerprint density at radius 1 is 1.22 bits per heavy atom. The summed E-state index contributed by atoms with van der Waals surface area (Å²) in [5, 5.41) is 3.16. The van der Waals surface area contributed by atoms with Crippen molar-refractivity contribution in [1.29, 1.82) is 0 Å². The average molecular weight is 374 g/mol. The van der Waals surface area contributed by atoms with E-state index in [4.69, 9.17) is 4.74 Å². The Labute approximate surface area is 158 Å². The number of benzene rings is 2. The Morgan fingerprint density at radius 2 is 2.00 bits per heavy atom. The fourth-order valence-electron chi connectivity index (χ4n) is 3.46. The smallest absolute Gasteiger partial charge is 0.268 e. The van der Waals surface area contributed by atoms with E-state index in [1.807, 2.05) is 30.1 Å². The maximum Gasteiger partial charge on any atom is 0.268 e. The number of nitrogens with one attached hydrogen (secondary N) is 1. The van der Waals surface area contributed by atoms with E-state index < -0.39 is 17.7 Å². The summed E-state index contributed by atoms with van der Waals surface area (Å²) in [7, 11) is 1.90. The van der Waals surface area contributed by atoms with Gasteiger partial charge in [-0.25, -0.2) is 8.78 Å². The number of hydrogen-bond acceptors (Lipinski definition) is 3. The number of carbonyl (C=O) groups excluding carboxylic acids is 1. The fourth-order valence-corrected chi connectivity index (χ4v) is 3.46. The van der Waals surface area contributed by atoms with Crippen molar-refractivity contribution in [2.24, 2.45) is 5.92 Å². The molecule has 1 N–H and O–H groups in total. The van der Waals surface area contributed by atoms with Gasteiger partial charge in [0.15, 0.2) is 11.6 Å². The summed E-state index contributed by atoms with van der Waals surface area (Å²) in [5.74, 6) is -1.59. The molecule has 1 saturated heterocycles. The summed E-state index contributed by atoms with van der Waals surface area (Å²) < 4.78 is 32.6. The molecule has 6 heteroatoms. The predicted molar refractivity (Wildman–Crippen MR) is 99.4 cm³/mol. The monoisotopic (exact) mass is 374 g/mol. The number of ether oxygens (including phenoxy) is 1. The Kier molecular flexibility index (Phi) is 6.40. The molecular formula is C21H24F2N2O2. The van der Waals surface area contributed by atoms with E-state index in [1.54, 1.807) is 12.1 Å². The van der Waals surface area contributed by atoms with Crippen LogP contribution in [0.5, 0.6) is 5.75 Å². The van der Waals surface area contributed by atoms with Crippen LogP contribution >= 0.6 is 0 Å². The highest BCUT2D eigenvalue weighted by Gasteiger charge is 2.31. The number of likely N-dealkylation sites (tertiary alicyclic amines) is 1. The maximum atomic E-state index is 13.6. The number of hydrogen-bond donors (Lipinski definition) is 1. The zero-order valence-corrected chi connectivity index (χ0v) is 15.3. The summed E-state index contributed by atoms with van der Waals surface area (Å²) in [6.07, 6.45) is 1.11. The van der Waals surface area contributed by atoms with E-state index in [1.165, 1.54) is 6.07 Å². The lowest BCUT2D eigenvalue weighted by atomic mass is 9.97. The molecule has 1 fully saturated rings. The molecule has 1 aliphatic rings. The van der Waals surface area contributed by atoms with E-state index >= 15 is 0 Å². The molecule has 0 aromatic heterocycles.